The maximum atomic E-state index is 12.1. The van der Waals surface area contributed by atoms with Crippen molar-refractivity contribution in [3.05, 3.63) is 36.4 Å². The monoisotopic (exact) mass is 294 g/mol. The van der Waals surface area contributed by atoms with E-state index in [1.54, 1.807) is 19.2 Å². The Morgan fingerprint density at radius 1 is 1.05 bits per heavy atom. The first-order valence-electron chi connectivity index (χ1n) is 5.73. The molecule has 20 heavy (non-hydrogen) atoms. The zero-order valence-corrected chi connectivity index (χ0v) is 11.8. The molecule has 0 saturated heterocycles. The third kappa shape index (κ3) is 3.15. The summed E-state index contributed by atoms with van der Waals surface area (Å²) in [5, 5.41) is 10.3. The number of benzene rings is 1. The summed E-state index contributed by atoms with van der Waals surface area (Å²) >= 11 is 0. The minimum absolute atomic E-state index is 0.128. The number of hydrogen-bond donors (Lipinski definition) is 2. The molecule has 2 N–H and O–H groups in total. The Balaban J connectivity index is 2.20. The molecule has 0 unspecified atom stereocenters. The van der Waals surface area contributed by atoms with E-state index in [-0.39, 0.29) is 10.7 Å². The molecule has 106 valence electrons. The molecular formula is C12H14N4O3S. The molecule has 2 rings (SSSR count). The molecule has 0 amide bonds. The van der Waals surface area contributed by atoms with Crippen molar-refractivity contribution in [2.75, 3.05) is 24.2 Å². The van der Waals surface area contributed by atoms with E-state index in [2.05, 4.69) is 20.2 Å². The number of anilines is 2. The predicted molar refractivity (Wildman–Crippen MR) is 75.4 cm³/mol. The van der Waals surface area contributed by atoms with E-state index < -0.39 is 10.0 Å². The highest BCUT2D eigenvalue weighted by Crippen LogP contribution is 2.17. The molecule has 0 saturated carbocycles. The molecule has 0 aliphatic carbocycles. The van der Waals surface area contributed by atoms with Crippen molar-refractivity contribution >= 4 is 21.5 Å². The fourth-order valence-corrected chi connectivity index (χ4v) is 2.48. The van der Waals surface area contributed by atoms with Gasteiger partial charge in [0.2, 0.25) is 5.88 Å². The second-order valence-electron chi connectivity index (χ2n) is 3.84. The van der Waals surface area contributed by atoms with Gasteiger partial charge in [-0.25, -0.2) is 8.42 Å². The minimum Gasteiger partial charge on any atom is -0.480 e. The average molecular weight is 294 g/mol. The molecule has 1 aromatic heterocycles. The molecule has 2 aromatic rings. The van der Waals surface area contributed by atoms with Crippen LogP contribution >= 0.6 is 0 Å². The second kappa shape index (κ2) is 5.74. The molecule has 0 fully saturated rings. The Labute approximate surface area is 117 Å². The number of ether oxygens (including phenoxy) is 1. The first-order chi connectivity index (χ1) is 9.55. The zero-order chi connectivity index (χ0) is 14.6. The highest BCUT2D eigenvalue weighted by molar-refractivity contribution is 7.92. The molecule has 0 aliphatic rings. The minimum atomic E-state index is -3.68. The molecular weight excluding hydrogens is 280 g/mol. The SMILES string of the molecule is CNc1ccc(S(=O)(=O)Nc2ccc(OC)nn2)cc1. The third-order valence-electron chi connectivity index (χ3n) is 2.54. The first kappa shape index (κ1) is 14.1. The Kier molecular flexibility index (Phi) is 4.04. The van der Waals surface area contributed by atoms with Crippen LogP contribution in [0.4, 0.5) is 11.5 Å². The number of sulfonamides is 1. The Hall–Kier alpha value is -2.35. The van der Waals surface area contributed by atoms with Gasteiger partial charge in [-0.3, -0.25) is 4.72 Å². The molecule has 0 bridgehead atoms. The maximum absolute atomic E-state index is 12.1. The van der Waals surface area contributed by atoms with E-state index in [4.69, 9.17) is 4.74 Å². The van der Waals surface area contributed by atoms with Crippen LogP contribution in [0.3, 0.4) is 0 Å². The van der Waals surface area contributed by atoms with Gasteiger partial charge in [-0.15, -0.1) is 10.2 Å². The highest BCUT2D eigenvalue weighted by atomic mass is 32.2. The van der Waals surface area contributed by atoms with Gasteiger partial charge >= 0.3 is 0 Å². The summed E-state index contributed by atoms with van der Waals surface area (Å²) in [5.74, 6) is 0.440. The van der Waals surface area contributed by atoms with Crippen LogP contribution in [0.15, 0.2) is 41.3 Å². The van der Waals surface area contributed by atoms with Crippen LogP contribution in [0.2, 0.25) is 0 Å². The molecule has 0 spiro atoms. The van der Waals surface area contributed by atoms with Crippen LogP contribution in [0.1, 0.15) is 0 Å². The molecule has 0 radical (unpaired) electrons. The predicted octanol–water partition coefficient (Wildman–Crippen LogP) is 1.33. The van der Waals surface area contributed by atoms with Crippen molar-refractivity contribution in [1.82, 2.24) is 10.2 Å². The van der Waals surface area contributed by atoms with Crippen LogP contribution in [0.5, 0.6) is 5.88 Å². The summed E-state index contributed by atoms with van der Waals surface area (Å²) in [6, 6.07) is 9.36. The molecule has 1 aromatic carbocycles. The maximum Gasteiger partial charge on any atom is 0.263 e. The third-order valence-corrected chi connectivity index (χ3v) is 3.91. The van der Waals surface area contributed by atoms with Crippen LogP contribution in [0, 0.1) is 0 Å². The summed E-state index contributed by atoms with van der Waals surface area (Å²) in [5.41, 5.74) is 0.827. The summed E-state index contributed by atoms with van der Waals surface area (Å²) in [7, 11) is -0.465. The van der Waals surface area contributed by atoms with Gasteiger partial charge in [0.25, 0.3) is 10.0 Å². The molecule has 7 nitrogen and oxygen atoms in total. The van der Waals surface area contributed by atoms with Gasteiger partial charge in [-0.05, 0) is 30.3 Å². The highest BCUT2D eigenvalue weighted by Gasteiger charge is 2.14. The summed E-state index contributed by atoms with van der Waals surface area (Å²) in [4.78, 5) is 0.147. The lowest BCUT2D eigenvalue weighted by Crippen LogP contribution is -2.14. The number of hydrogen-bond acceptors (Lipinski definition) is 6. The van der Waals surface area contributed by atoms with Gasteiger partial charge in [-0.2, -0.15) is 0 Å². The van der Waals surface area contributed by atoms with E-state index in [1.807, 2.05) is 0 Å². The average Bonchev–Trinajstić information content (AvgIpc) is 2.48. The Morgan fingerprint density at radius 3 is 2.25 bits per heavy atom. The lowest BCUT2D eigenvalue weighted by atomic mass is 10.3. The Bertz CT molecular complexity index is 669. The molecule has 0 atom stereocenters. The van der Waals surface area contributed by atoms with E-state index in [9.17, 15) is 8.42 Å². The van der Waals surface area contributed by atoms with Gasteiger partial charge in [0, 0.05) is 18.8 Å². The standard InChI is InChI=1S/C12H14N4O3S/c1-13-9-3-5-10(6-4-9)20(17,18)16-11-7-8-12(19-2)15-14-11/h3-8,13H,1-2H3,(H,14,16). The molecule has 8 heteroatoms. The lowest BCUT2D eigenvalue weighted by molar-refractivity contribution is 0.392. The summed E-state index contributed by atoms with van der Waals surface area (Å²) < 4.78 is 31.4. The smallest absolute Gasteiger partial charge is 0.263 e. The van der Waals surface area contributed by atoms with Crippen LogP contribution in [-0.4, -0.2) is 32.8 Å². The van der Waals surface area contributed by atoms with E-state index in [1.165, 1.54) is 31.4 Å². The summed E-state index contributed by atoms with van der Waals surface area (Å²) in [6.45, 7) is 0. The zero-order valence-electron chi connectivity index (χ0n) is 11.0. The van der Waals surface area contributed by atoms with Gasteiger partial charge in [0.05, 0.1) is 12.0 Å². The quantitative estimate of drug-likeness (QED) is 0.864. The fraction of sp³-hybridized carbons (Fsp3) is 0.167. The van der Waals surface area contributed by atoms with Crippen molar-refractivity contribution in [3.63, 3.8) is 0 Å². The van der Waals surface area contributed by atoms with Gasteiger partial charge in [0.1, 0.15) is 0 Å². The van der Waals surface area contributed by atoms with E-state index >= 15 is 0 Å². The fourth-order valence-electron chi connectivity index (χ4n) is 1.48. The van der Waals surface area contributed by atoms with Crippen molar-refractivity contribution in [1.29, 1.82) is 0 Å². The number of methoxy groups -OCH3 is 1. The lowest BCUT2D eigenvalue weighted by Gasteiger charge is -2.08. The topological polar surface area (TPSA) is 93.2 Å². The number of nitrogens with zero attached hydrogens (tertiary/aromatic N) is 2. The van der Waals surface area contributed by atoms with Gasteiger partial charge < -0.3 is 10.1 Å². The molecule has 1 heterocycles. The normalized spacial score (nSPS) is 10.9. The largest absolute Gasteiger partial charge is 0.480 e. The van der Waals surface area contributed by atoms with Crippen molar-refractivity contribution < 1.29 is 13.2 Å². The van der Waals surface area contributed by atoms with Crippen molar-refractivity contribution in [2.24, 2.45) is 0 Å². The summed E-state index contributed by atoms with van der Waals surface area (Å²) in [6.07, 6.45) is 0. The van der Waals surface area contributed by atoms with Crippen molar-refractivity contribution in [2.45, 2.75) is 4.90 Å². The van der Waals surface area contributed by atoms with E-state index in [0.717, 1.165) is 5.69 Å². The van der Waals surface area contributed by atoms with Crippen LogP contribution in [-0.2, 0) is 10.0 Å². The number of aromatic nitrogens is 2. The van der Waals surface area contributed by atoms with Gasteiger partial charge in [0.15, 0.2) is 5.82 Å². The Morgan fingerprint density at radius 2 is 1.75 bits per heavy atom. The van der Waals surface area contributed by atoms with Gasteiger partial charge in [-0.1, -0.05) is 0 Å². The van der Waals surface area contributed by atoms with Crippen LogP contribution in [0.25, 0.3) is 0 Å². The van der Waals surface area contributed by atoms with Crippen LogP contribution < -0.4 is 14.8 Å². The van der Waals surface area contributed by atoms with Crippen molar-refractivity contribution in [3.8, 4) is 5.88 Å². The van der Waals surface area contributed by atoms with E-state index in [0.29, 0.717) is 5.88 Å². The first-order valence-corrected chi connectivity index (χ1v) is 7.22. The number of nitrogens with one attached hydrogen (secondary N) is 2. The number of rotatable bonds is 5. The molecule has 0 aliphatic heterocycles. The second-order valence-corrected chi connectivity index (χ2v) is 5.52.